The number of nitrogens with zero attached hydrogens (tertiary/aromatic N) is 3. The highest BCUT2D eigenvalue weighted by atomic mass is 19.1. The number of hydrogen-bond acceptors (Lipinski definition) is 3. The first-order valence-corrected chi connectivity index (χ1v) is 5.48. The summed E-state index contributed by atoms with van der Waals surface area (Å²) >= 11 is 0. The maximum Gasteiger partial charge on any atom is 0.331 e. The van der Waals surface area contributed by atoms with E-state index in [4.69, 9.17) is 5.26 Å². The molecule has 0 amide bonds. The molecular formula is C13H10FN3O2. The number of halogens is 1. The van der Waals surface area contributed by atoms with E-state index >= 15 is 0 Å². The van der Waals surface area contributed by atoms with Gasteiger partial charge in [-0.15, -0.1) is 0 Å². The summed E-state index contributed by atoms with van der Waals surface area (Å²) in [5, 5.41) is 8.74. The Bertz CT molecular complexity index is 784. The number of aromatic nitrogens is 2. The van der Waals surface area contributed by atoms with Crippen LogP contribution in [0.25, 0.3) is 0 Å². The van der Waals surface area contributed by atoms with E-state index in [0.717, 1.165) is 10.6 Å². The van der Waals surface area contributed by atoms with Crippen LogP contribution in [0, 0.1) is 17.1 Å². The van der Waals surface area contributed by atoms with E-state index in [-0.39, 0.29) is 12.1 Å². The summed E-state index contributed by atoms with van der Waals surface area (Å²) in [4.78, 5) is 23.4. The molecule has 19 heavy (non-hydrogen) atoms. The standard InChI is InChI=1S/C13H10FN3O2/c1-16-5-4-12(18)17(13(16)19)8-9-2-3-11(14)10(6-9)7-15/h2-6H,8H2,1H3. The van der Waals surface area contributed by atoms with Crippen molar-refractivity contribution in [1.29, 1.82) is 5.26 Å². The van der Waals surface area contributed by atoms with Crippen LogP contribution in [-0.4, -0.2) is 9.13 Å². The van der Waals surface area contributed by atoms with Gasteiger partial charge in [-0.1, -0.05) is 6.07 Å². The van der Waals surface area contributed by atoms with Gasteiger partial charge in [0.15, 0.2) is 0 Å². The molecule has 0 spiro atoms. The number of hydrogen-bond donors (Lipinski definition) is 0. The molecule has 1 heterocycles. The molecule has 0 unspecified atom stereocenters. The summed E-state index contributed by atoms with van der Waals surface area (Å²) in [6.07, 6.45) is 1.38. The normalized spacial score (nSPS) is 10.2. The monoisotopic (exact) mass is 259 g/mol. The van der Waals surface area contributed by atoms with Gasteiger partial charge in [0.1, 0.15) is 11.9 Å². The minimum absolute atomic E-state index is 0.00130. The van der Waals surface area contributed by atoms with Crippen molar-refractivity contribution in [2.45, 2.75) is 6.54 Å². The molecule has 0 radical (unpaired) electrons. The van der Waals surface area contributed by atoms with Crippen molar-refractivity contribution in [1.82, 2.24) is 9.13 Å². The van der Waals surface area contributed by atoms with Crippen LogP contribution in [0.15, 0.2) is 40.1 Å². The minimum atomic E-state index is -0.625. The third kappa shape index (κ3) is 2.45. The molecule has 0 N–H and O–H groups in total. The zero-order chi connectivity index (χ0) is 14.0. The summed E-state index contributed by atoms with van der Waals surface area (Å²) in [7, 11) is 1.53. The Kier molecular flexibility index (Phi) is 3.29. The molecule has 1 aromatic carbocycles. The summed E-state index contributed by atoms with van der Waals surface area (Å²) < 4.78 is 15.5. The quantitative estimate of drug-likeness (QED) is 0.793. The van der Waals surface area contributed by atoms with Gasteiger partial charge >= 0.3 is 5.69 Å². The average molecular weight is 259 g/mol. The lowest BCUT2D eigenvalue weighted by Crippen LogP contribution is -2.38. The van der Waals surface area contributed by atoms with Gasteiger partial charge in [-0.2, -0.15) is 5.26 Å². The number of benzene rings is 1. The van der Waals surface area contributed by atoms with Gasteiger partial charge in [-0.25, -0.2) is 9.18 Å². The van der Waals surface area contributed by atoms with Gasteiger partial charge in [-0.3, -0.25) is 9.36 Å². The molecule has 96 valence electrons. The van der Waals surface area contributed by atoms with Crippen molar-refractivity contribution < 1.29 is 4.39 Å². The van der Waals surface area contributed by atoms with E-state index in [1.807, 2.05) is 0 Å². The molecule has 6 heteroatoms. The third-order valence-electron chi connectivity index (χ3n) is 2.73. The number of aryl methyl sites for hydroxylation is 1. The van der Waals surface area contributed by atoms with Crippen LogP contribution in [0.3, 0.4) is 0 Å². The smallest absolute Gasteiger partial charge is 0.303 e. The van der Waals surface area contributed by atoms with Crippen LogP contribution in [0.5, 0.6) is 0 Å². The van der Waals surface area contributed by atoms with E-state index < -0.39 is 17.1 Å². The molecule has 1 aromatic heterocycles. The van der Waals surface area contributed by atoms with Gasteiger partial charge < -0.3 is 4.57 Å². The average Bonchev–Trinajstić information content (AvgIpc) is 2.41. The lowest BCUT2D eigenvalue weighted by atomic mass is 10.1. The fourth-order valence-electron chi connectivity index (χ4n) is 1.70. The second-order valence-electron chi connectivity index (χ2n) is 4.06. The largest absolute Gasteiger partial charge is 0.331 e. The van der Waals surface area contributed by atoms with Crippen molar-refractivity contribution in [2.75, 3.05) is 0 Å². The predicted molar refractivity (Wildman–Crippen MR) is 66.2 cm³/mol. The first kappa shape index (κ1) is 12.8. The molecule has 0 aliphatic carbocycles. The van der Waals surface area contributed by atoms with Crippen molar-refractivity contribution in [3.63, 3.8) is 0 Å². The molecule has 0 fully saturated rings. The van der Waals surface area contributed by atoms with E-state index in [2.05, 4.69) is 0 Å². The SMILES string of the molecule is Cn1ccc(=O)n(Cc2ccc(F)c(C#N)c2)c1=O. The Balaban J connectivity index is 2.49. The number of rotatable bonds is 2. The molecule has 5 nitrogen and oxygen atoms in total. The Morgan fingerprint density at radius 3 is 2.74 bits per heavy atom. The van der Waals surface area contributed by atoms with Gasteiger partial charge in [-0.05, 0) is 17.7 Å². The minimum Gasteiger partial charge on any atom is -0.303 e. The molecule has 2 aromatic rings. The molecule has 0 saturated heterocycles. The van der Waals surface area contributed by atoms with E-state index in [9.17, 15) is 14.0 Å². The molecular weight excluding hydrogens is 249 g/mol. The van der Waals surface area contributed by atoms with Gasteiger partial charge in [0.25, 0.3) is 5.56 Å². The fourth-order valence-corrected chi connectivity index (χ4v) is 1.70. The topological polar surface area (TPSA) is 67.8 Å². The Morgan fingerprint density at radius 1 is 1.32 bits per heavy atom. The zero-order valence-electron chi connectivity index (χ0n) is 10.1. The predicted octanol–water partition coefficient (Wildman–Crippen LogP) is 0.606. The Morgan fingerprint density at radius 2 is 2.05 bits per heavy atom. The molecule has 0 atom stereocenters. The van der Waals surface area contributed by atoms with E-state index in [0.29, 0.717) is 5.56 Å². The lowest BCUT2D eigenvalue weighted by Gasteiger charge is -2.07. The lowest BCUT2D eigenvalue weighted by molar-refractivity contribution is 0.617. The van der Waals surface area contributed by atoms with Gasteiger partial charge in [0, 0.05) is 19.3 Å². The second kappa shape index (κ2) is 4.90. The molecule has 0 aliphatic rings. The van der Waals surface area contributed by atoms with Gasteiger partial charge in [0.2, 0.25) is 0 Å². The summed E-state index contributed by atoms with van der Waals surface area (Å²) in [6.45, 7) is 0.00130. The molecule has 0 bridgehead atoms. The summed E-state index contributed by atoms with van der Waals surface area (Å²) in [5.41, 5.74) is -0.497. The molecule has 2 rings (SSSR count). The molecule has 0 saturated carbocycles. The third-order valence-corrected chi connectivity index (χ3v) is 2.73. The Hall–Kier alpha value is -2.68. The summed E-state index contributed by atoms with van der Waals surface area (Å²) in [6, 6.07) is 6.90. The van der Waals surface area contributed by atoms with Crippen LogP contribution in [-0.2, 0) is 13.6 Å². The highest BCUT2D eigenvalue weighted by Crippen LogP contribution is 2.09. The highest BCUT2D eigenvalue weighted by molar-refractivity contribution is 5.34. The maximum absolute atomic E-state index is 13.2. The van der Waals surface area contributed by atoms with Crippen molar-refractivity contribution >= 4 is 0 Å². The fraction of sp³-hybridized carbons (Fsp3) is 0.154. The molecule has 0 aliphatic heterocycles. The van der Waals surface area contributed by atoms with Crippen LogP contribution in [0.1, 0.15) is 11.1 Å². The van der Waals surface area contributed by atoms with Gasteiger partial charge in [0.05, 0.1) is 12.1 Å². The zero-order valence-corrected chi connectivity index (χ0v) is 10.1. The van der Waals surface area contributed by atoms with Crippen molar-refractivity contribution in [3.05, 3.63) is 68.2 Å². The van der Waals surface area contributed by atoms with Crippen LogP contribution >= 0.6 is 0 Å². The first-order valence-electron chi connectivity index (χ1n) is 5.48. The van der Waals surface area contributed by atoms with Crippen LogP contribution in [0.2, 0.25) is 0 Å². The van der Waals surface area contributed by atoms with E-state index in [1.165, 1.54) is 36.0 Å². The van der Waals surface area contributed by atoms with E-state index in [1.54, 1.807) is 6.07 Å². The maximum atomic E-state index is 13.2. The summed E-state index contributed by atoms with van der Waals surface area (Å²) in [5.74, 6) is -0.625. The number of nitriles is 1. The van der Waals surface area contributed by atoms with Crippen LogP contribution < -0.4 is 11.2 Å². The first-order chi connectivity index (χ1) is 9.02. The highest BCUT2D eigenvalue weighted by Gasteiger charge is 2.07. The van der Waals surface area contributed by atoms with Crippen molar-refractivity contribution in [3.8, 4) is 6.07 Å². The van der Waals surface area contributed by atoms with Crippen molar-refractivity contribution in [2.24, 2.45) is 7.05 Å². The Labute approximate surface area is 107 Å². The second-order valence-corrected chi connectivity index (χ2v) is 4.06. The van der Waals surface area contributed by atoms with Crippen LogP contribution in [0.4, 0.5) is 4.39 Å².